The third-order valence-corrected chi connectivity index (χ3v) is 5.75. The molecule has 3 aromatic rings. The number of ether oxygens (including phenoxy) is 1. The predicted molar refractivity (Wildman–Crippen MR) is 133 cm³/mol. The summed E-state index contributed by atoms with van der Waals surface area (Å²) in [6.07, 6.45) is -4.22. The number of amides is 2. The van der Waals surface area contributed by atoms with Gasteiger partial charge in [0, 0.05) is 31.9 Å². The van der Waals surface area contributed by atoms with Gasteiger partial charge in [0.15, 0.2) is 0 Å². The Labute approximate surface area is 218 Å². The first-order chi connectivity index (χ1) is 18.1. The summed E-state index contributed by atoms with van der Waals surface area (Å²) >= 11 is 0. The summed E-state index contributed by atoms with van der Waals surface area (Å²) in [4.78, 5) is 29.5. The second-order valence-corrected chi connectivity index (χ2v) is 8.74. The number of alkyl halides is 3. The fourth-order valence-corrected chi connectivity index (χ4v) is 3.83. The van der Waals surface area contributed by atoms with Crippen LogP contribution in [0, 0.1) is 12.7 Å². The Bertz CT molecular complexity index is 1210. The molecule has 0 atom stereocenters. The molecule has 3 rings (SSSR count). The van der Waals surface area contributed by atoms with Crippen molar-refractivity contribution < 1.29 is 36.3 Å². The van der Waals surface area contributed by atoms with Crippen LogP contribution in [-0.4, -0.2) is 47.9 Å². The van der Waals surface area contributed by atoms with E-state index in [-0.39, 0.29) is 31.7 Å². The second kappa shape index (κ2) is 13.2. The molecule has 0 aliphatic carbocycles. The summed E-state index contributed by atoms with van der Waals surface area (Å²) in [6, 6.07) is 13.3. The quantitative estimate of drug-likeness (QED) is 0.216. The molecule has 0 aliphatic rings. The SMILES string of the molecule is CCOCCCN(CC(=O)N(Cc1ccc(F)cc1)Cc1ccc(C)o1)C(=O)c1cccc(C(F)(F)F)c1. The molecule has 6 nitrogen and oxygen atoms in total. The Morgan fingerprint density at radius 2 is 1.71 bits per heavy atom. The van der Waals surface area contributed by atoms with Crippen molar-refractivity contribution in [3.63, 3.8) is 0 Å². The number of carbonyl (C=O) groups is 2. The minimum atomic E-state index is -4.61. The molecule has 0 radical (unpaired) electrons. The number of furan rings is 1. The van der Waals surface area contributed by atoms with Crippen molar-refractivity contribution >= 4 is 11.8 Å². The van der Waals surface area contributed by atoms with Gasteiger partial charge in [-0.25, -0.2) is 4.39 Å². The highest BCUT2D eigenvalue weighted by Crippen LogP contribution is 2.30. The molecule has 0 aliphatic heterocycles. The van der Waals surface area contributed by atoms with Crippen molar-refractivity contribution in [2.45, 2.75) is 39.5 Å². The molecule has 2 aromatic carbocycles. The molecule has 1 aromatic heterocycles. The Morgan fingerprint density at radius 3 is 2.34 bits per heavy atom. The van der Waals surface area contributed by atoms with Crippen LogP contribution in [-0.2, 0) is 28.8 Å². The lowest BCUT2D eigenvalue weighted by Crippen LogP contribution is -2.43. The number of hydrogen-bond donors (Lipinski definition) is 0. The van der Waals surface area contributed by atoms with E-state index in [1.54, 1.807) is 31.2 Å². The molecule has 204 valence electrons. The first-order valence-electron chi connectivity index (χ1n) is 12.2. The monoisotopic (exact) mass is 534 g/mol. The molecule has 10 heteroatoms. The van der Waals surface area contributed by atoms with E-state index in [2.05, 4.69) is 0 Å². The Morgan fingerprint density at radius 1 is 0.974 bits per heavy atom. The number of carbonyl (C=O) groups excluding carboxylic acids is 2. The summed E-state index contributed by atoms with van der Waals surface area (Å²) < 4.78 is 64.1. The number of nitrogens with zero attached hydrogens (tertiary/aromatic N) is 2. The topological polar surface area (TPSA) is 63.0 Å². The van der Waals surface area contributed by atoms with Crippen LogP contribution in [0.15, 0.2) is 65.1 Å². The lowest BCUT2D eigenvalue weighted by molar-refractivity contribution is -0.137. The van der Waals surface area contributed by atoms with E-state index < -0.39 is 29.4 Å². The number of aryl methyl sites for hydroxylation is 1. The van der Waals surface area contributed by atoms with Crippen molar-refractivity contribution in [2.75, 3.05) is 26.3 Å². The van der Waals surface area contributed by atoms with Crippen molar-refractivity contribution in [1.29, 1.82) is 0 Å². The standard InChI is InChI=1S/C28H30F4N2O4/c1-3-37-15-5-14-33(27(36)22-6-4-7-23(16-22)28(30,31)32)19-26(35)34(18-25-13-8-20(2)38-25)17-21-9-11-24(29)12-10-21/h4,6-13,16H,3,5,14-15,17-19H2,1-2H3. The highest BCUT2D eigenvalue weighted by molar-refractivity contribution is 5.96. The van der Waals surface area contributed by atoms with Crippen LogP contribution in [0.25, 0.3) is 0 Å². The van der Waals surface area contributed by atoms with Gasteiger partial charge in [-0.05, 0) is 68.3 Å². The van der Waals surface area contributed by atoms with Crippen molar-refractivity contribution in [1.82, 2.24) is 9.80 Å². The van der Waals surface area contributed by atoms with Gasteiger partial charge in [-0.3, -0.25) is 9.59 Å². The largest absolute Gasteiger partial charge is 0.464 e. The Hall–Kier alpha value is -3.66. The molecule has 0 saturated heterocycles. The first kappa shape index (κ1) is 28.9. The molecular weight excluding hydrogens is 504 g/mol. The van der Waals surface area contributed by atoms with E-state index in [4.69, 9.17) is 9.15 Å². The summed E-state index contributed by atoms with van der Waals surface area (Å²) in [5.74, 6) is -0.381. The van der Waals surface area contributed by atoms with Crippen molar-refractivity contribution in [2.24, 2.45) is 0 Å². The van der Waals surface area contributed by atoms with E-state index in [1.807, 2.05) is 6.92 Å². The lowest BCUT2D eigenvalue weighted by atomic mass is 10.1. The molecule has 0 fully saturated rings. The van der Waals surface area contributed by atoms with Crippen LogP contribution in [0.4, 0.5) is 17.6 Å². The van der Waals surface area contributed by atoms with E-state index in [0.29, 0.717) is 36.7 Å². The number of rotatable bonds is 12. The molecule has 0 unspecified atom stereocenters. The van der Waals surface area contributed by atoms with Crippen LogP contribution in [0.1, 0.15) is 46.3 Å². The van der Waals surface area contributed by atoms with Gasteiger partial charge in [0.25, 0.3) is 5.91 Å². The summed E-state index contributed by atoms with van der Waals surface area (Å²) in [5.41, 5.74) is -0.457. The van der Waals surface area contributed by atoms with Crippen LogP contribution < -0.4 is 0 Å². The third-order valence-electron chi connectivity index (χ3n) is 5.75. The Kier molecular flexibility index (Phi) is 10.1. The summed E-state index contributed by atoms with van der Waals surface area (Å²) in [6.45, 7) is 4.31. The maximum absolute atomic E-state index is 13.5. The van der Waals surface area contributed by atoms with E-state index in [1.165, 1.54) is 28.0 Å². The van der Waals surface area contributed by atoms with Gasteiger partial charge in [0.1, 0.15) is 23.9 Å². The zero-order chi connectivity index (χ0) is 27.7. The average molecular weight is 535 g/mol. The van der Waals surface area contributed by atoms with Gasteiger partial charge in [-0.15, -0.1) is 0 Å². The number of benzene rings is 2. The zero-order valence-corrected chi connectivity index (χ0v) is 21.3. The molecular formula is C28H30F4N2O4. The normalized spacial score (nSPS) is 11.4. The maximum Gasteiger partial charge on any atom is 0.416 e. The minimum absolute atomic E-state index is 0.0919. The maximum atomic E-state index is 13.5. The third kappa shape index (κ3) is 8.44. The van der Waals surface area contributed by atoms with Gasteiger partial charge >= 0.3 is 6.18 Å². The summed E-state index contributed by atoms with van der Waals surface area (Å²) in [7, 11) is 0. The van der Waals surface area contributed by atoms with Crippen LogP contribution in [0.3, 0.4) is 0 Å². The van der Waals surface area contributed by atoms with Crippen LogP contribution in [0.5, 0.6) is 0 Å². The van der Waals surface area contributed by atoms with Gasteiger partial charge in [-0.1, -0.05) is 18.2 Å². The van der Waals surface area contributed by atoms with E-state index in [0.717, 1.165) is 18.2 Å². The highest BCUT2D eigenvalue weighted by Gasteiger charge is 2.32. The molecule has 0 N–H and O–H groups in total. The molecule has 0 spiro atoms. The number of hydrogen-bond acceptors (Lipinski definition) is 4. The molecule has 0 saturated carbocycles. The highest BCUT2D eigenvalue weighted by atomic mass is 19.4. The predicted octanol–water partition coefficient (Wildman–Crippen LogP) is 5.84. The molecule has 0 bridgehead atoms. The zero-order valence-electron chi connectivity index (χ0n) is 21.3. The van der Waals surface area contributed by atoms with Crippen molar-refractivity contribution in [3.8, 4) is 0 Å². The van der Waals surface area contributed by atoms with Gasteiger partial charge in [0.05, 0.1) is 12.1 Å². The van der Waals surface area contributed by atoms with Crippen LogP contribution in [0.2, 0.25) is 0 Å². The minimum Gasteiger partial charge on any atom is -0.464 e. The van der Waals surface area contributed by atoms with Crippen LogP contribution >= 0.6 is 0 Å². The second-order valence-electron chi connectivity index (χ2n) is 8.74. The van der Waals surface area contributed by atoms with E-state index >= 15 is 0 Å². The Balaban J connectivity index is 1.84. The van der Waals surface area contributed by atoms with Gasteiger partial charge in [-0.2, -0.15) is 13.2 Å². The smallest absolute Gasteiger partial charge is 0.416 e. The van der Waals surface area contributed by atoms with Gasteiger partial charge < -0.3 is 19.0 Å². The molecule has 1 heterocycles. The van der Waals surface area contributed by atoms with Crippen molar-refractivity contribution in [3.05, 3.63) is 94.7 Å². The molecule has 2 amide bonds. The van der Waals surface area contributed by atoms with Gasteiger partial charge in [0.2, 0.25) is 5.91 Å². The first-order valence-corrected chi connectivity index (χ1v) is 12.2. The van der Waals surface area contributed by atoms with E-state index in [9.17, 15) is 27.2 Å². The molecule has 38 heavy (non-hydrogen) atoms. The number of halogens is 4. The fourth-order valence-electron chi connectivity index (χ4n) is 3.83. The fraction of sp³-hybridized carbons (Fsp3) is 0.357. The average Bonchev–Trinajstić information content (AvgIpc) is 3.30. The lowest BCUT2D eigenvalue weighted by Gasteiger charge is -2.28. The summed E-state index contributed by atoms with van der Waals surface area (Å²) in [5, 5.41) is 0.